The zero-order chi connectivity index (χ0) is 12.5. The van der Waals surface area contributed by atoms with Gasteiger partial charge in [0.1, 0.15) is 0 Å². The first kappa shape index (κ1) is 13.5. The molecule has 0 spiro atoms. The lowest BCUT2D eigenvalue weighted by atomic mass is 10.2. The average Bonchev–Trinajstić information content (AvgIpc) is 2.37. The summed E-state index contributed by atoms with van der Waals surface area (Å²) in [6, 6.07) is 9.83. The summed E-state index contributed by atoms with van der Waals surface area (Å²) < 4.78 is 0. The second-order valence-electron chi connectivity index (χ2n) is 3.92. The summed E-state index contributed by atoms with van der Waals surface area (Å²) in [5.74, 6) is 0. The largest absolute Gasteiger partial charge is 0.334 e. The van der Waals surface area contributed by atoms with Gasteiger partial charge in [0.25, 0.3) is 0 Å². The van der Waals surface area contributed by atoms with Crippen LogP contribution in [0.15, 0.2) is 30.3 Å². The first-order valence-electron chi connectivity index (χ1n) is 6.04. The standard InChI is InChI=1S/C13H21N3O/c1-2-9-16(10-8-14)13(17)15-11-12-6-4-3-5-7-12/h3-7H,2,8-11,14H2,1H3,(H,15,17). The molecule has 0 saturated heterocycles. The van der Waals surface area contributed by atoms with Crippen LogP contribution in [0.3, 0.4) is 0 Å². The Labute approximate surface area is 103 Å². The van der Waals surface area contributed by atoms with Crippen LogP contribution >= 0.6 is 0 Å². The summed E-state index contributed by atoms with van der Waals surface area (Å²) in [7, 11) is 0. The molecule has 1 aromatic rings. The molecule has 0 aromatic heterocycles. The third kappa shape index (κ3) is 4.87. The molecule has 17 heavy (non-hydrogen) atoms. The second-order valence-corrected chi connectivity index (χ2v) is 3.92. The van der Waals surface area contributed by atoms with E-state index in [0.29, 0.717) is 19.6 Å². The molecule has 0 aliphatic rings. The highest BCUT2D eigenvalue weighted by Gasteiger charge is 2.10. The molecule has 0 unspecified atom stereocenters. The van der Waals surface area contributed by atoms with E-state index in [0.717, 1.165) is 18.5 Å². The van der Waals surface area contributed by atoms with Crippen molar-refractivity contribution in [3.63, 3.8) is 0 Å². The summed E-state index contributed by atoms with van der Waals surface area (Å²) in [6.07, 6.45) is 0.943. The lowest BCUT2D eigenvalue weighted by Gasteiger charge is -2.21. The number of nitrogens with one attached hydrogen (secondary N) is 1. The minimum atomic E-state index is -0.0406. The van der Waals surface area contributed by atoms with E-state index in [1.807, 2.05) is 37.3 Å². The molecular formula is C13H21N3O. The van der Waals surface area contributed by atoms with Gasteiger partial charge in [-0.15, -0.1) is 0 Å². The predicted molar refractivity (Wildman–Crippen MR) is 69.6 cm³/mol. The molecule has 4 nitrogen and oxygen atoms in total. The van der Waals surface area contributed by atoms with E-state index in [2.05, 4.69) is 5.32 Å². The molecule has 0 saturated carbocycles. The topological polar surface area (TPSA) is 58.4 Å². The van der Waals surface area contributed by atoms with Crippen LogP contribution in [0.4, 0.5) is 4.79 Å². The molecule has 94 valence electrons. The van der Waals surface area contributed by atoms with Gasteiger partial charge in [-0.05, 0) is 12.0 Å². The van der Waals surface area contributed by atoms with Gasteiger partial charge in [0.05, 0.1) is 0 Å². The van der Waals surface area contributed by atoms with E-state index in [9.17, 15) is 4.79 Å². The van der Waals surface area contributed by atoms with Crippen molar-refractivity contribution in [2.45, 2.75) is 19.9 Å². The van der Waals surface area contributed by atoms with E-state index in [1.54, 1.807) is 4.90 Å². The number of nitrogens with two attached hydrogens (primary N) is 1. The van der Waals surface area contributed by atoms with Gasteiger partial charge in [-0.1, -0.05) is 37.3 Å². The van der Waals surface area contributed by atoms with Crippen LogP contribution in [0, 0.1) is 0 Å². The molecule has 0 aliphatic carbocycles. The van der Waals surface area contributed by atoms with Crippen LogP contribution in [-0.4, -0.2) is 30.6 Å². The summed E-state index contributed by atoms with van der Waals surface area (Å²) in [5, 5.41) is 2.90. The third-order valence-corrected chi connectivity index (χ3v) is 2.47. The van der Waals surface area contributed by atoms with Gasteiger partial charge < -0.3 is 16.0 Å². The zero-order valence-electron chi connectivity index (χ0n) is 10.4. The molecular weight excluding hydrogens is 214 g/mol. The smallest absolute Gasteiger partial charge is 0.317 e. The maximum absolute atomic E-state index is 11.9. The van der Waals surface area contributed by atoms with Gasteiger partial charge in [-0.2, -0.15) is 0 Å². The molecule has 0 bridgehead atoms. The fourth-order valence-electron chi connectivity index (χ4n) is 1.63. The van der Waals surface area contributed by atoms with Crippen LogP contribution in [0.25, 0.3) is 0 Å². The Kier molecular flexibility index (Phi) is 6.10. The number of amides is 2. The lowest BCUT2D eigenvalue weighted by molar-refractivity contribution is 0.199. The predicted octanol–water partition coefficient (Wildman–Crippen LogP) is 1.57. The summed E-state index contributed by atoms with van der Waals surface area (Å²) in [5.41, 5.74) is 6.58. The van der Waals surface area contributed by atoms with Crippen molar-refractivity contribution in [1.82, 2.24) is 10.2 Å². The first-order valence-corrected chi connectivity index (χ1v) is 6.04. The van der Waals surface area contributed by atoms with Crippen molar-refractivity contribution in [1.29, 1.82) is 0 Å². The fourth-order valence-corrected chi connectivity index (χ4v) is 1.63. The van der Waals surface area contributed by atoms with Crippen molar-refractivity contribution in [2.75, 3.05) is 19.6 Å². The molecule has 1 aromatic carbocycles. The van der Waals surface area contributed by atoms with E-state index in [4.69, 9.17) is 5.73 Å². The number of carbonyl (C=O) groups is 1. The fraction of sp³-hybridized carbons (Fsp3) is 0.462. The van der Waals surface area contributed by atoms with Crippen LogP contribution in [0.5, 0.6) is 0 Å². The lowest BCUT2D eigenvalue weighted by Crippen LogP contribution is -2.42. The number of carbonyl (C=O) groups excluding carboxylic acids is 1. The molecule has 1 rings (SSSR count). The molecule has 3 N–H and O–H groups in total. The van der Waals surface area contributed by atoms with Crippen LogP contribution in [-0.2, 0) is 6.54 Å². The number of hydrogen-bond acceptors (Lipinski definition) is 2. The Hall–Kier alpha value is -1.55. The minimum Gasteiger partial charge on any atom is -0.334 e. The number of hydrogen-bond donors (Lipinski definition) is 2. The van der Waals surface area contributed by atoms with Crippen molar-refractivity contribution < 1.29 is 4.79 Å². The maximum Gasteiger partial charge on any atom is 0.317 e. The Balaban J connectivity index is 2.41. The number of nitrogens with zero attached hydrogens (tertiary/aromatic N) is 1. The molecule has 0 fully saturated rings. The van der Waals surface area contributed by atoms with Gasteiger partial charge in [0, 0.05) is 26.2 Å². The molecule has 2 amide bonds. The van der Waals surface area contributed by atoms with Crippen molar-refractivity contribution in [3.8, 4) is 0 Å². The van der Waals surface area contributed by atoms with Crippen molar-refractivity contribution >= 4 is 6.03 Å². The Bertz CT molecular complexity index is 321. The normalized spacial score (nSPS) is 10.0. The SMILES string of the molecule is CCCN(CCN)C(=O)NCc1ccccc1. The Morgan fingerprint density at radius 1 is 1.29 bits per heavy atom. The second kappa shape index (κ2) is 7.68. The highest BCUT2D eigenvalue weighted by atomic mass is 16.2. The van der Waals surface area contributed by atoms with Gasteiger partial charge in [0.15, 0.2) is 0 Å². The van der Waals surface area contributed by atoms with Gasteiger partial charge >= 0.3 is 6.03 Å². The van der Waals surface area contributed by atoms with Crippen molar-refractivity contribution in [2.24, 2.45) is 5.73 Å². The van der Waals surface area contributed by atoms with E-state index in [-0.39, 0.29) is 6.03 Å². The number of rotatable bonds is 6. The van der Waals surface area contributed by atoms with Crippen LogP contribution in [0.2, 0.25) is 0 Å². The zero-order valence-corrected chi connectivity index (χ0v) is 10.4. The summed E-state index contributed by atoms with van der Waals surface area (Å²) in [6.45, 7) is 4.46. The van der Waals surface area contributed by atoms with Crippen molar-refractivity contribution in [3.05, 3.63) is 35.9 Å². The summed E-state index contributed by atoms with van der Waals surface area (Å²) in [4.78, 5) is 13.6. The van der Waals surface area contributed by atoms with Gasteiger partial charge in [0.2, 0.25) is 0 Å². The van der Waals surface area contributed by atoms with Crippen LogP contribution in [0.1, 0.15) is 18.9 Å². The van der Waals surface area contributed by atoms with E-state index < -0.39 is 0 Å². The minimum absolute atomic E-state index is 0.0406. The first-order chi connectivity index (χ1) is 8.27. The van der Waals surface area contributed by atoms with Crippen LogP contribution < -0.4 is 11.1 Å². The molecule has 0 aliphatic heterocycles. The summed E-state index contributed by atoms with van der Waals surface area (Å²) >= 11 is 0. The molecule has 0 radical (unpaired) electrons. The highest BCUT2D eigenvalue weighted by Crippen LogP contribution is 1.98. The Morgan fingerprint density at radius 2 is 2.00 bits per heavy atom. The number of urea groups is 1. The molecule has 4 heteroatoms. The van der Waals surface area contributed by atoms with E-state index >= 15 is 0 Å². The third-order valence-electron chi connectivity index (χ3n) is 2.47. The molecule has 0 atom stereocenters. The van der Waals surface area contributed by atoms with Gasteiger partial charge in [-0.25, -0.2) is 4.79 Å². The quantitative estimate of drug-likeness (QED) is 0.786. The Morgan fingerprint density at radius 3 is 2.59 bits per heavy atom. The highest BCUT2D eigenvalue weighted by molar-refractivity contribution is 5.74. The maximum atomic E-state index is 11.9. The average molecular weight is 235 g/mol. The monoisotopic (exact) mass is 235 g/mol. The van der Waals surface area contributed by atoms with Gasteiger partial charge in [-0.3, -0.25) is 0 Å². The number of benzene rings is 1. The molecule has 0 heterocycles. The van der Waals surface area contributed by atoms with E-state index in [1.165, 1.54) is 0 Å².